The van der Waals surface area contributed by atoms with E-state index in [0.717, 1.165) is 12.8 Å². The third-order valence-electron chi connectivity index (χ3n) is 4.72. The number of carbonyl (C=O) groups is 1. The number of hydrogen-bond donors (Lipinski definition) is 2. The average molecular weight is 426 g/mol. The Hall–Kier alpha value is -2.52. The number of ether oxygens (including phenoxy) is 3. The van der Waals surface area contributed by atoms with Crippen molar-refractivity contribution >= 4 is 41.0 Å². The summed E-state index contributed by atoms with van der Waals surface area (Å²) in [5.41, 5.74) is 6.80. The number of methoxy groups -OCH3 is 2. The largest absolute Gasteiger partial charge is 0.493 e. The second-order valence-corrected chi connectivity index (χ2v) is 6.93. The van der Waals surface area contributed by atoms with Crippen LogP contribution in [0.1, 0.15) is 19.8 Å². The highest BCUT2D eigenvalue weighted by atomic mass is 35.5. The van der Waals surface area contributed by atoms with Gasteiger partial charge in [-0.05, 0) is 25.8 Å². The molecule has 1 aromatic carbocycles. The van der Waals surface area contributed by atoms with Crippen molar-refractivity contribution in [1.29, 1.82) is 0 Å². The first-order chi connectivity index (χ1) is 13.4. The minimum Gasteiger partial charge on any atom is -0.493 e. The highest BCUT2D eigenvalue weighted by molar-refractivity contribution is 5.91. The summed E-state index contributed by atoms with van der Waals surface area (Å²) >= 11 is 0. The summed E-state index contributed by atoms with van der Waals surface area (Å²) in [7, 11) is 4.99. The number of halogens is 1. The Morgan fingerprint density at radius 1 is 1.34 bits per heavy atom. The van der Waals surface area contributed by atoms with Gasteiger partial charge in [-0.1, -0.05) is 0 Å². The first kappa shape index (κ1) is 22.8. The fraction of sp³-hybridized carbons (Fsp3) is 0.526. The fourth-order valence-corrected chi connectivity index (χ4v) is 3.30. The molecule has 0 radical (unpaired) electrons. The molecule has 3 N–H and O–H groups in total. The summed E-state index contributed by atoms with van der Waals surface area (Å²) in [4.78, 5) is 23.0. The molecule has 1 saturated heterocycles. The van der Waals surface area contributed by atoms with Crippen LogP contribution < -0.4 is 25.4 Å². The first-order valence-electron chi connectivity index (χ1n) is 9.25. The number of nitrogens with one attached hydrogen (secondary N) is 1. The van der Waals surface area contributed by atoms with Crippen LogP contribution in [0.3, 0.4) is 0 Å². The number of hydrogen-bond acceptors (Lipinski definition) is 8. The van der Waals surface area contributed by atoms with Gasteiger partial charge in [-0.3, -0.25) is 4.79 Å². The molecular weight excluding hydrogens is 398 g/mol. The lowest BCUT2D eigenvalue weighted by Gasteiger charge is -2.24. The number of benzene rings is 1. The molecule has 29 heavy (non-hydrogen) atoms. The zero-order valence-electron chi connectivity index (χ0n) is 17.1. The van der Waals surface area contributed by atoms with E-state index in [1.54, 1.807) is 26.4 Å². The highest BCUT2D eigenvalue weighted by Gasteiger charge is 2.25. The lowest BCUT2D eigenvalue weighted by Crippen LogP contribution is -2.45. The predicted octanol–water partition coefficient (Wildman–Crippen LogP) is 1.77. The molecule has 1 aliphatic heterocycles. The number of nitrogens with two attached hydrogens (primary N) is 1. The summed E-state index contributed by atoms with van der Waals surface area (Å²) in [6.07, 6.45) is 1.34. The number of amides is 1. The van der Waals surface area contributed by atoms with E-state index in [1.807, 2.05) is 18.9 Å². The Labute approximate surface area is 176 Å². The number of fused-ring (bicyclic) bond motifs is 1. The Morgan fingerprint density at radius 3 is 2.66 bits per heavy atom. The monoisotopic (exact) mass is 425 g/mol. The number of nitrogens with zero attached hydrogens (tertiary/aromatic N) is 3. The molecule has 2 heterocycles. The van der Waals surface area contributed by atoms with E-state index in [1.165, 1.54) is 0 Å². The van der Waals surface area contributed by atoms with E-state index >= 15 is 0 Å². The molecule has 1 aliphatic rings. The topological polar surface area (TPSA) is 112 Å². The maximum Gasteiger partial charge on any atom is 0.249 e. The lowest BCUT2D eigenvalue weighted by molar-refractivity contribution is -0.130. The number of anilines is 2. The van der Waals surface area contributed by atoms with Crippen LogP contribution in [0.4, 0.5) is 11.8 Å². The van der Waals surface area contributed by atoms with Gasteiger partial charge < -0.3 is 30.2 Å². The summed E-state index contributed by atoms with van der Waals surface area (Å²) in [5.74, 6) is 1.88. The van der Waals surface area contributed by atoms with Crippen LogP contribution in [-0.4, -0.2) is 62.4 Å². The van der Waals surface area contributed by atoms with Crippen molar-refractivity contribution in [3.8, 4) is 11.5 Å². The number of carbonyl (C=O) groups excluding carboxylic acids is 1. The second kappa shape index (κ2) is 9.80. The quantitative estimate of drug-likeness (QED) is 0.690. The summed E-state index contributed by atoms with van der Waals surface area (Å²) in [6.45, 7) is 3.10. The van der Waals surface area contributed by atoms with Gasteiger partial charge in [0.1, 0.15) is 11.9 Å². The van der Waals surface area contributed by atoms with Crippen molar-refractivity contribution < 1.29 is 19.0 Å². The summed E-state index contributed by atoms with van der Waals surface area (Å²) in [6, 6.07) is 3.43. The average Bonchev–Trinajstić information content (AvgIpc) is 3.21. The molecule has 3 rings (SSSR count). The normalized spacial score (nSPS) is 16.8. The molecule has 0 bridgehead atoms. The molecule has 2 atom stereocenters. The van der Waals surface area contributed by atoms with Crippen LogP contribution in [0.25, 0.3) is 10.9 Å². The summed E-state index contributed by atoms with van der Waals surface area (Å²) < 4.78 is 16.1. The van der Waals surface area contributed by atoms with Gasteiger partial charge in [-0.25, -0.2) is 4.98 Å². The van der Waals surface area contributed by atoms with Crippen LogP contribution in [-0.2, 0) is 9.53 Å². The molecule has 0 saturated carbocycles. The Kier molecular flexibility index (Phi) is 7.69. The minimum absolute atomic E-state index is 0. The van der Waals surface area contributed by atoms with E-state index < -0.39 is 0 Å². The lowest BCUT2D eigenvalue weighted by atomic mass is 10.2. The summed E-state index contributed by atoms with van der Waals surface area (Å²) in [5, 5.41) is 3.67. The third-order valence-corrected chi connectivity index (χ3v) is 4.72. The van der Waals surface area contributed by atoms with Crippen molar-refractivity contribution in [2.75, 3.05) is 45.1 Å². The predicted molar refractivity (Wildman–Crippen MR) is 114 cm³/mol. The number of rotatable bonds is 7. The zero-order valence-corrected chi connectivity index (χ0v) is 17.9. The molecule has 0 spiro atoms. The Balaban J connectivity index is 0.00000300. The van der Waals surface area contributed by atoms with Crippen molar-refractivity contribution in [3.63, 3.8) is 0 Å². The third kappa shape index (κ3) is 5.10. The van der Waals surface area contributed by atoms with Gasteiger partial charge >= 0.3 is 0 Å². The molecule has 9 nitrogen and oxygen atoms in total. The van der Waals surface area contributed by atoms with Crippen molar-refractivity contribution in [2.45, 2.75) is 31.9 Å². The van der Waals surface area contributed by atoms with E-state index in [9.17, 15) is 4.79 Å². The van der Waals surface area contributed by atoms with Crippen LogP contribution >= 0.6 is 12.4 Å². The second-order valence-electron chi connectivity index (χ2n) is 6.93. The first-order valence-corrected chi connectivity index (χ1v) is 9.25. The molecule has 1 aromatic heterocycles. The van der Waals surface area contributed by atoms with Gasteiger partial charge in [0.25, 0.3) is 0 Å². The molecule has 160 valence electrons. The molecule has 1 amide bonds. The fourth-order valence-electron chi connectivity index (χ4n) is 3.30. The van der Waals surface area contributed by atoms with Crippen molar-refractivity contribution in [2.24, 2.45) is 0 Å². The Morgan fingerprint density at radius 2 is 2.03 bits per heavy atom. The molecule has 0 aliphatic carbocycles. The van der Waals surface area contributed by atoms with E-state index in [-0.39, 0.29) is 30.5 Å². The van der Waals surface area contributed by atoms with Gasteiger partial charge in [-0.15, -0.1) is 12.4 Å². The van der Waals surface area contributed by atoms with Crippen LogP contribution in [0.15, 0.2) is 12.1 Å². The van der Waals surface area contributed by atoms with Gasteiger partial charge in [0.05, 0.1) is 19.7 Å². The molecule has 1 fully saturated rings. The molecular formula is C19H28ClN5O4. The number of likely N-dealkylation sites (N-methyl/N-ethyl adjacent to an activating group) is 1. The minimum atomic E-state index is -0.345. The number of nitrogen functional groups attached to an aromatic ring is 1. The maximum absolute atomic E-state index is 12.2. The van der Waals surface area contributed by atoms with Crippen molar-refractivity contribution in [3.05, 3.63) is 12.1 Å². The van der Waals surface area contributed by atoms with Crippen LogP contribution in [0.5, 0.6) is 11.5 Å². The van der Waals surface area contributed by atoms with E-state index in [2.05, 4.69) is 15.3 Å². The van der Waals surface area contributed by atoms with E-state index in [0.29, 0.717) is 47.3 Å². The SMILES string of the molecule is COc1cc2nc(N(C)CC(C)NC(=O)C3CCCO3)nc(N)c2cc1OC.Cl. The number of aromatic nitrogens is 2. The highest BCUT2D eigenvalue weighted by Crippen LogP contribution is 2.33. The zero-order chi connectivity index (χ0) is 20.3. The van der Waals surface area contributed by atoms with Crippen molar-refractivity contribution in [1.82, 2.24) is 15.3 Å². The van der Waals surface area contributed by atoms with Gasteiger partial charge in [0, 0.05) is 37.7 Å². The smallest absolute Gasteiger partial charge is 0.249 e. The van der Waals surface area contributed by atoms with Crippen LogP contribution in [0, 0.1) is 0 Å². The van der Waals surface area contributed by atoms with Gasteiger partial charge in [-0.2, -0.15) is 4.98 Å². The van der Waals surface area contributed by atoms with Gasteiger partial charge in [0.15, 0.2) is 11.5 Å². The maximum atomic E-state index is 12.2. The molecule has 2 unspecified atom stereocenters. The Bertz CT molecular complexity index is 860. The van der Waals surface area contributed by atoms with E-state index in [4.69, 9.17) is 19.9 Å². The standard InChI is InChI=1S/C19H27N5O4.ClH/c1-11(21-18(25)14-6-5-7-28-14)10-24(2)19-22-13-9-16(27-4)15(26-3)8-12(13)17(20)23-19;/h8-9,11,14H,5-7,10H2,1-4H3,(H,21,25)(H2,20,22,23);1H. The van der Waals surface area contributed by atoms with Gasteiger partial charge in [0.2, 0.25) is 11.9 Å². The molecule has 10 heteroatoms. The van der Waals surface area contributed by atoms with Crippen LogP contribution in [0.2, 0.25) is 0 Å². The molecule has 2 aromatic rings.